The number of hydrogen-bond acceptors (Lipinski definition) is 3. The first-order valence-electron chi connectivity index (χ1n) is 7.83. The molecule has 0 aromatic heterocycles. The summed E-state index contributed by atoms with van der Waals surface area (Å²) >= 11 is 3.67. The summed E-state index contributed by atoms with van der Waals surface area (Å²) in [4.78, 5) is 4.98. The first-order valence-corrected chi connectivity index (χ1v) is 8.62. The van der Waals surface area contributed by atoms with Gasteiger partial charge in [0.25, 0.3) is 0 Å². The van der Waals surface area contributed by atoms with Gasteiger partial charge in [0.1, 0.15) is 0 Å². The number of likely N-dealkylation sites (N-methyl/N-ethyl adjacent to an activating group) is 1. The van der Waals surface area contributed by atoms with Crippen LogP contribution in [0.2, 0.25) is 0 Å². The molecule has 1 aromatic rings. The van der Waals surface area contributed by atoms with Gasteiger partial charge >= 0.3 is 0 Å². The summed E-state index contributed by atoms with van der Waals surface area (Å²) in [5.41, 5.74) is 1.36. The molecule has 1 aliphatic heterocycles. The maximum atomic E-state index is 3.67. The van der Waals surface area contributed by atoms with Crippen molar-refractivity contribution in [2.75, 3.05) is 40.8 Å². The smallest absolute Gasteiger partial charge is 0.0340 e. The Morgan fingerprint density at radius 1 is 1.33 bits per heavy atom. The van der Waals surface area contributed by atoms with Crippen LogP contribution in [0.15, 0.2) is 28.7 Å². The third-order valence-corrected chi connectivity index (χ3v) is 5.40. The van der Waals surface area contributed by atoms with E-state index in [1.165, 1.54) is 23.1 Å². The maximum absolute atomic E-state index is 3.67. The lowest BCUT2D eigenvalue weighted by Crippen LogP contribution is -2.34. The van der Waals surface area contributed by atoms with Gasteiger partial charge in [-0.3, -0.25) is 0 Å². The Bertz CT molecular complexity index is 449. The van der Waals surface area contributed by atoms with Gasteiger partial charge in [0.15, 0.2) is 0 Å². The molecule has 0 bridgehead atoms. The van der Waals surface area contributed by atoms with Crippen molar-refractivity contribution in [1.29, 1.82) is 0 Å². The molecule has 0 radical (unpaired) electrons. The van der Waals surface area contributed by atoms with Crippen molar-refractivity contribution >= 4 is 15.9 Å². The van der Waals surface area contributed by atoms with E-state index in [9.17, 15) is 0 Å². The third-order valence-electron chi connectivity index (χ3n) is 4.67. The second-order valence-corrected chi connectivity index (χ2v) is 7.27. The number of rotatable bonds is 6. The summed E-state index contributed by atoms with van der Waals surface area (Å²) < 4.78 is 1.20. The summed E-state index contributed by atoms with van der Waals surface area (Å²) in [5, 5.41) is 3.46. The fraction of sp³-hybridized carbons (Fsp3) is 0.647. The second-order valence-electron chi connectivity index (χ2n) is 6.42. The number of likely N-dealkylation sites (tertiary alicyclic amines) is 1. The van der Waals surface area contributed by atoms with Crippen LogP contribution in [-0.4, -0.2) is 56.6 Å². The number of nitrogens with one attached hydrogen (secondary N) is 1. The van der Waals surface area contributed by atoms with E-state index < -0.39 is 0 Å². The quantitative estimate of drug-likeness (QED) is 0.847. The molecule has 21 heavy (non-hydrogen) atoms. The van der Waals surface area contributed by atoms with Crippen LogP contribution in [0.4, 0.5) is 0 Å². The van der Waals surface area contributed by atoms with Crippen molar-refractivity contribution in [3.05, 3.63) is 34.3 Å². The zero-order valence-electron chi connectivity index (χ0n) is 13.6. The molecule has 3 atom stereocenters. The van der Waals surface area contributed by atoms with E-state index in [-0.39, 0.29) is 0 Å². The number of halogens is 1. The highest BCUT2D eigenvalue weighted by Gasteiger charge is 2.30. The Hall–Kier alpha value is -0.420. The van der Waals surface area contributed by atoms with E-state index in [4.69, 9.17) is 0 Å². The minimum atomic E-state index is 0.411. The minimum absolute atomic E-state index is 0.411. The number of nitrogens with zero attached hydrogens (tertiary/aromatic N) is 2. The Morgan fingerprint density at radius 2 is 2.05 bits per heavy atom. The molecule has 1 aliphatic rings. The summed E-state index contributed by atoms with van der Waals surface area (Å²) in [6.45, 7) is 5.94. The highest BCUT2D eigenvalue weighted by Crippen LogP contribution is 2.27. The van der Waals surface area contributed by atoms with Gasteiger partial charge in [-0.15, -0.1) is 0 Å². The van der Waals surface area contributed by atoms with Crippen molar-refractivity contribution in [2.24, 2.45) is 5.92 Å². The highest BCUT2D eigenvalue weighted by molar-refractivity contribution is 9.10. The van der Waals surface area contributed by atoms with Crippen LogP contribution in [0, 0.1) is 5.92 Å². The SMILES string of the molecule is CNC(CCN1CC(C)C(N(C)C)C1)c1ccccc1Br. The largest absolute Gasteiger partial charge is 0.313 e. The lowest BCUT2D eigenvalue weighted by molar-refractivity contribution is 0.248. The standard InChI is InChI=1S/C17H28BrN3/c1-13-11-21(12-17(13)20(3)4)10-9-16(19-2)14-7-5-6-8-15(14)18/h5-8,13,16-17,19H,9-12H2,1-4H3. The maximum Gasteiger partial charge on any atom is 0.0340 e. The molecule has 0 spiro atoms. The number of benzene rings is 1. The molecular formula is C17H28BrN3. The molecule has 2 rings (SSSR count). The summed E-state index contributed by atoms with van der Waals surface area (Å²) in [7, 11) is 6.45. The van der Waals surface area contributed by atoms with Gasteiger partial charge in [0.2, 0.25) is 0 Å². The van der Waals surface area contributed by atoms with Gasteiger partial charge in [-0.25, -0.2) is 0 Å². The van der Waals surface area contributed by atoms with Gasteiger partial charge in [-0.1, -0.05) is 41.1 Å². The van der Waals surface area contributed by atoms with Gasteiger partial charge in [-0.05, 0) is 45.1 Å². The van der Waals surface area contributed by atoms with Crippen LogP contribution in [0.5, 0.6) is 0 Å². The monoisotopic (exact) mass is 353 g/mol. The van der Waals surface area contributed by atoms with Gasteiger partial charge in [-0.2, -0.15) is 0 Å². The Balaban J connectivity index is 1.91. The van der Waals surface area contributed by atoms with Crippen molar-refractivity contribution in [3.63, 3.8) is 0 Å². The van der Waals surface area contributed by atoms with E-state index in [1.54, 1.807) is 0 Å². The predicted octanol–water partition coefficient (Wildman–Crippen LogP) is 2.98. The van der Waals surface area contributed by atoms with Gasteiger partial charge in [0.05, 0.1) is 0 Å². The lowest BCUT2D eigenvalue weighted by Gasteiger charge is -2.24. The van der Waals surface area contributed by atoms with E-state index in [0.717, 1.165) is 18.9 Å². The highest BCUT2D eigenvalue weighted by atomic mass is 79.9. The van der Waals surface area contributed by atoms with Gasteiger partial charge in [0, 0.05) is 36.2 Å². The molecule has 4 heteroatoms. The number of hydrogen-bond donors (Lipinski definition) is 1. The molecule has 0 amide bonds. The summed E-state index contributed by atoms with van der Waals surface area (Å²) in [5.74, 6) is 0.761. The Labute approximate surface area is 137 Å². The molecule has 1 aromatic carbocycles. The van der Waals surface area contributed by atoms with E-state index in [0.29, 0.717) is 12.1 Å². The first kappa shape index (κ1) is 16.9. The van der Waals surface area contributed by atoms with Crippen molar-refractivity contribution in [1.82, 2.24) is 15.1 Å². The van der Waals surface area contributed by atoms with Crippen LogP contribution in [0.3, 0.4) is 0 Å². The second kappa shape index (κ2) is 7.73. The zero-order chi connectivity index (χ0) is 15.4. The first-order chi connectivity index (χ1) is 10.0. The van der Waals surface area contributed by atoms with E-state index in [1.807, 2.05) is 0 Å². The fourth-order valence-corrected chi connectivity index (χ4v) is 3.99. The minimum Gasteiger partial charge on any atom is -0.313 e. The van der Waals surface area contributed by atoms with Crippen molar-refractivity contribution < 1.29 is 0 Å². The molecule has 0 aliphatic carbocycles. The average molecular weight is 354 g/mol. The normalized spacial score (nSPS) is 24.7. The zero-order valence-corrected chi connectivity index (χ0v) is 15.2. The molecule has 3 unspecified atom stereocenters. The van der Waals surface area contributed by atoms with Crippen LogP contribution < -0.4 is 5.32 Å². The Morgan fingerprint density at radius 3 is 2.62 bits per heavy atom. The predicted molar refractivity (Wildman–Crippen MR) is 93.6 cm³/mol. The fourth-order valence-electron chi connectivity index (χ4n) is 3.43. The third kappa shape index (κ3) is 4.28. The van der Waals surface area contributed by atoms with Crippen molar-refractivity contribution in [3.8, 4) is 0 Å². The molecular weight excluding hydrogens is 326 g/mol. The molecule has 1 N–H and O–H groups in total. The van der Waals surface area contributed by atoms with Crippen LogP contribution in [-0.2, 0) is 0 Å². The Kier molecular flexibility index (Phi) is 6.23. The van der Waals surface area contributed by atoms with Crippen LogP contribution in [0.25, 0.3) is 0 Å². The molecule has 1 heterocycles. The van der Waals surface area contributed by atoms with Crippen molar-refractivity contribution in [2.45, 2.75) is 25.4 Å². The molecule has 118 valence electrons. The lowest BCUT2D eigenvalue weighted by atomic mass is 10.0. The van der Waals surface area contributed by atoms with E-state index in [2.05, 4.69) is 83.4 Å². The van der Waals surface area contributed by atoms with Gasteiger partial charge < -0.3 is 15.1 Å². The summed E-state index contributed by atoms with van der Waals surface area (Å²) in [6.07, 6.45) is 1.14. The molecule has 1 saturated heterocycles. The molecule has 1 fully saturated rings. The van der Waals surface area contributed by atoms with Crippen LogP contribution in [0.1, 0.15) is 24.9 Å². The summed E-state index contributed by atoms with van der Waals surface area (Å²) in [6, 6.07) is 9.63. The van der Waals surface area contributed by atoms with E-state index >= 15 is 0 Å². The van der Waals surface area contributed by atoms with Crippen LogP contribution >= 0.6 is 15.9 Å². The topological polar surface area (TPSA) is 18.5 Å². The molecule has 0 saturated carbocycles. The molecule has 3 nitrogen and oxygen atoms in total. The average Bonchev–Trinajstić information content (AvgIpc) is 2.82.